The fourth-order valence-electron chi connectivity index (χ4n) is 2.63. The average Bonchev–Trinajstić information content (AvgIpc) is 3.23. The zero-order valence-electron chi connectivity index (χ0n) is 15.2. The number of hydrogen-bond acceptors (Lipinski definition) is 4. The van der Waals surface area contributed by atoms with Crippen molar-refractivity contribution in [1.82, 2.24) is 19.7 Å². The predicted octanol–water partition coefficient (Wildman–Crippen LogP) is 4.37. The first kappa shape index (κ1) is 19.5. The molecule has 7 heteroatoms. The van der Waals surface area contributed by atoms with Gasteiger partial charge in [0.05, 0.1) is 17.5 Å². The predicted molar refractivity (Wildman–Crippen MR) is 110 cm³/mol. The Hall–Kier alpha value is -2.31. The molecule has 27 heavy (non-hydrogen) atoms. The van der Waals surface area contributed by atoms with E-state index in [0.29, 0.717) is 5.75 Å². The minimum atomic E-state index is -0.00146. The van der Waals surface area contributed by atoms with Crippen LogP contribution >= 0.6 is 23.4 Å². The monoisotopic (exact) mass is 400 g/mol. The molecule has 0 saturated heterocycles. The lowest BCUT2D eigenvalue weighted by Gasteiger charge is -2.25. The van der Waals surface area contributed by atoms with Crippen LogP contribution in [0.25, 0.3) is 5.69 Å². The molecule has 3 aromatic rings. The maximum atomic E-state index is 12.5. The molecule has 1 atom stereocenters. The van der Waals surface area contributed by atoms with E-state index in [1.165, 1.54) is 6.33 Å². The molecule has 140 valence electrons. The van der Waals surface area contributed by atoms with E-state index in [2.05, 4.69) is 10.1 Å². The van der Waals surface area contributed by atoms with E-state index in [1.54, 1.807) is 27.7 Å². The lowest BCUT2D eigenvalue weighted by molar-refractivity contribution is -0.128. The molecule has 0 radical (unpaired) electrons. The summed E-state index contributed by atoms with van der Waals surface area (Å²) in [6, 6.07) is 15.7. The van der Waals surface area contributed by atoms with Crippen LogP contribution in [0.4, 0.5) is 0 Å². The van der Waals surface area contributed by atoms with E-state index >= 15 is 0 Å². The van der Waals surface area contributed by atoms with Crippen LogP contribution in [0.3, 0.4) is 0 Å². The molecule has 1 amide bonds. The molecule has 1 unspecified atom stereocenters. The van der Waals surface area contributed by atoms with Gasteiger partial charge in [-0.1, -0.05) is 35.9 Å². The summed E-state index contributed by atoms with van der Waals surface area (Å²) in [7, 11) is 1.85. The Morgan fingerprint density at radius 3 is 2.52 bits per heavy atom. The Balaban J connectivity index is 1.53. The molecule has 0 spiro atoms. The molecule has 1 aromatic heterocycles. The van der Waals surface area contributed by atoms with E-state index in [4.69, 9.17) is 11.6 Å². The maximum Gasteiger partial charge on any atom is 0.232 e. The van der Waals surface area contributed by atoms with Crippen molar-refractivity contribution in [2.24, 2.45) is 0 Å². The lowest BCUT2D eigenvalue weighted by atomic mass is 10.1. The van der Waals surface area contributed by atoms with Gasteiger partial charge in [0.2, 0.25) is 5.91 Å². The summed E-state index contributed by atoms with van der Waals surface area (Å²) < 4.78 is 1.71. The molecule has 2 aromatic carbocycles. The van der Waals surface area contributed by atoms with Crippen molar-refractivity contribution < 1.29 is 4.79 Å². The molecular weight excluding hydrogens is 380 g/mol. The summed E-state index contributed by atoms with van der Waals surface area (Å²) in [6.07, 6.45) is 3.16. The fraction of sp³-hybridized carbons (Fsp3) is 0.250. The second-order valence-corrected chi connectivity index (χ2v) is 7.65. The van der Waals surface area contributed by atoms with Crippen LogP contribution in [-0.2, 0) is 10.5 Å². The van der Waals surface area contributed by atoms with Gasteiger partial charge in [-0.05, 0) is 42.3 Å². The van der Waals surface area contributed by atoms with Gasteiger partial charge in [0.15, 0.2) is 0 Å². The molecule has 0 saturated carbocycles. The number of rotatable bonds is 7. The number of carbonyl (C=O) groups is 1. The van der Waals surface area contributed by atoms with Crippen LogP contribution in [-0.4, -0.2) is 38.4 Å². The first-order valence-corrected chi connectivity index (χ1v) is 10.1. The normalized spacial score (nSPS) is 12.0. The highest BCUT2D eigenvalue weighted by molar-refractivity contribution is 7.99. The highest BCUT2D eigenvalue weighted by atomic mass is 35.5. The minimum Gasteiger partial charge on any atom is -0.338 e. The second kappa shape index (κ2) is 9.06. The smallest absolute Gasteiger partial charge is 0.232 e. The Morgan fingerprint density at radius 2 is 1.89 bits per heavy atom. The van der Waals surface area contributed by atoms with Gasteiger partial charge in [0.1, 0.15) is 12.7 Å². The third-order valence-electron chi connectivity index (χ3n) is 4.44. The number of nitrogens with zero attached hydrogens (tertiary/aromatic N) is 4. The minimum absolute atomic E-state index is 0.00146. The molecule has 1 heterocycles. The summed E-state index contributed by atoms with van der Waals surface area (Å²) in [5, 5.41) is 4.84. The highest BCUT2D eigenvalue weighted by Crippen LogP contribution is 2.22. The quantitative estimate of drug-likeness (QED) is 0.590. The topological polar surface area (TPSA) is 51.0 Å². The van der Waals surface area contributed by atoms with Crippen LogP contribution in [0.15, 0.2) is 61.2 Å². The molecule has 5 nitrogen and oxygen atoms in total. The van der Waals surface area contributed by atoms with Gasteiger partial charge >= 0.3 is 0 Å². The average molecular weight is 401 g/mol. The van der Waals surface area contributed by atoms with Crippen molar-refractivity contribution >= 4 is 29.3 Å². The first-order valence-electron chi connectivity index (χ1n) is 8.57. The van der Waals surface area contributed by atoms with Gasteiger partial charge in [-0.25, -0.2) is 9.67 Å². The Kier molecular flexibility index (Phi) is 6.53. The van der Waals surface area contributed by atoms with Gasteiger partial charge in [-0.3, -0.25) is 4.79 Å². The van der Waals surface area contributed by atoms with E-state index in [0.717, 1.165) is 27.6 Å². The Morgan fingerprint density at radius 1 is 1.19 bits per heavy atom. The van der Waals surface area contributed by atoms with Gasteiger partial charge in [0, 0.05) is 17.8 Å². The van der Waals surface area contributed by atoms with Crippen molar-refractivity contribution in [2.75, 3.05) is 12.8 Å². The first-order chi connectivity index (χ1) is 13.0. The van der Waals surface area contributed by atoms with E-state index < -0.39 is 0 Å². The molecule has 0 fully saturated rings. The molecule has 3 rings (SSSR count). The van der Waals surface area contributed by atoms with Crippen LogP contribution < -0.4 is 0 Å². The van der Waals surface area contributed by atoms with E-state index in [9.17, 15) is 4.79 Å². The van der Waals surface area contributed by atoms with Crippen LogP contribution in [0.5, 0.6) is 0 Å². The summed E-state index contributed by atoms with van der Waals surface area (Å²) in [6.45, 7) is 2.03. The maximum absolute atomic E-state index is 12.5. The molecule has 0 N–H and O–H groups in total. The standard InChI is InChI=1S/C20H21ClN4OS/c1-15(17-5-9-19(10-6-17)25-14-22-13-23-25)24(2)20(26)12-27-11-16-3-7-18(21)8-4-16/h3-10,13-15H,11-12H2,1-2H3. The van der Waals surface area contributed by atoms with E-state index in [1.807, 2.05) is 62.5 Å². The molecule has 0 aliphatic heterocycles. The number of thioether (sulfide) groups is 1. The SMILES string of the molecule is CC(c1ccc(-n2cncn2)cc1)N(C)C(=O)CSCc1ccc(Cl)cc1. The van der Waals surface area contributed by atoms with Crippen molar-refractivity contribution in [2.45, 2.75) is 18.7 Å². The molecular formula is C20H21ClN4OS. The van der Waals surface area contributed by atoms with E-state index in [-0.39, 0.29) is 11.9 Å². The number of hydrogen-bond donors (Lipinski definition) is 0. The van der Waals surface area contributed by atoms with Gasteiger partial charge in [-0.15, -0.1) is 11.8 Å². The summed E-state index contributed by atoms with van der Waals surface area (Å²) >= 11 is 7.50. The Labute approximate surface area is 168 Å². The summed E-state index contributed by atoms with van der Waals surface area (Å²) in [4.78, 5) is 18.3. The third kappa shape index (κ3) is 5.11. The van der Waals surface area contributed by atoms with Crippen molar-refractivity contribution in [3.05, 3.63) is 77.3 Å². The largest absolute Gasteiger partial charge is 0.338 e. The molecule has 0 aliphatic carbocycles. The van der Waals surface area contributed by atoms with Crippen molar-refractivity contribution in [1.29, 1.82) is 0 Å². The van der Waals surface area contributed by atoms with Crippen LogP contribution in [0.2, 0.25) is 5.02 Å². The number of aromatic nitrogens is 3. The number of amides is 1. The van der Waals surface area contributed by atoms with Crippen molar-refractivity contribution in [3.8, 4) is 5.69 Å². The van der Waals surface area contributed by atoms with Gasteiger partial charge < -0.3 is 4.90 Å². The van der Waals surface area contributed by atoms with Crippen LogP contribution in [0, 0.1) is 0 Å². The van der Waals surface area contributed by atoms with Gasteiger partial charge in [-0.2, -0.15) is 5.10 Å². The van der Waals surface area contributed by atoms with Crippen molar-refractivity contribution in [3.63, 3.8) is 0 Å². The van der Waals surface area contributed by atoms with Crippen LogP contribution in [0.1, 0.15) is 24.1 Å². The summed E-state index contributed by atoms with van der Waals surface area (Å²) in [5.74, 6) is 1.35. The fourth-order valence-corrected chi connectivity index (χ4v) is 3.66. The lowest BCUT2D eigenvalue weighted by Crippen LogP contribution is -2.31. The molecule has 0 bridgehead atoms. The number of halogens is 1. The summed E-state index contributed by atoms with van der Waals surface area (Å²) in [5.41, 5.74) is 3.19. The third-order valence-corrected chi connectivity index (χ3v) is 5.68. The highest BCUT2D eigenvalue weighted by Gasteiger charge is 2.17. The van der Waals surface area contributed by atoms with Gasteiger partial charge in [0.25, 0.3) is 0 Å². The Bertz CT molecular complexity index is 866. The number of carbonyl (C=O) groups excluding carboxylic acids is 1. The second-order valence-electron chi connectivity index (χ2n) is 6.23. The zero-order chi connectivity index (χ0) is 19.2. The zero-order valence-corrected chi connectivity index (χ0v) is 16.8. The number of benzene rings is 2. The molecule has 0 aliphatic rings.